The maximum absolute atomic E-state index is 13.5. The first-order valence-corrected chi connectivity index (χ1v) is 6.32. The van der Waals surface area contributed by atoms with E-state index in [-0.39, 0.29) is 5.91 Å². The monoisotopic (exact) mass is 318 g/mol. The molecule has 0 aliphatic heterocycles. The lowest BCUT2D eigenvalue weighted by atomic mass is 10.2. The van der Waals surface area contributed by atoms with Gasteiger partial charge >= 0.3 is 0 Å². The van der Waals surface area contributed by atoms with Crippen molar-refractivity contribution < 1.29 is 13.9 Å². The number of rotatable bonds is 6. The molecule has 0 aromatic heterocycles. The molecule has 1 unspecified atom stereocenters. The van der Waals surface area contributed by atoms with Crippen LogP contribution in [0.25, 0.3) is 0 Å². The van der Waals surface area contributed by atoms with E-state index < -0.39 is 11.9 Å². The lowest BCUT2D eigenvalue weighted by molar-refractivity contribution is -0.121. The topological polar surface area (TPSA) is 50.4 Å². The van der Waals surface area contributed by atoms with E-state index in [4.69, 9.17) is 4.74 Å². The molecule has 4 nitrogen and oxygen atoms in total. The van der Waals surface area contributed by atoms with Gasteiger partial charge in [-0.15, -0.1) is 0 Å². The zero-order valence-electron chi connectivity index (χ0n) is 10.3. The van der Waals surface area contributed by atoms with Gasteiger partial charge in [-0.05, 0) is 25.1 Å². The lowest BCUT2D eigenvalue weighted by Gasteiger charge is -2.15. The molecule has 1 atom stereocenters. The Bertz CT molecular complexity index is 415. The van der Waals surface area contributed by atoms with Crippen LogP contribution < -0.4 is 10.6 Å². The molecule has 0 bridgehead atoms. The molecule has 100 valence electrons. The van der Waals surface area contributed by atoms with Gasteiger partial charge in [0.1, 0.15) is 11.9 Å². The molecule has 0 radical (unpaired) electrons. The highest BCUT2D eigenvalue weighted by atomic mass is 79.9. The molecule has 1 rings (SSSR count). The molecule has 2 N–H and O–H groups in total. The van der Waals surface area contributed by atoms with Gasteiger partial charge < -0.3 is 15.4 Å². The quantitative estimate of drug-likeness (QED) is 0.790. The van der Waals surface area contributed by atoms with Crippen molar-refractivity contribution in [2.45, 2.75) is 13.0 Å². The number of hydrogen-bond acceptors (Lipinski definition) is 3. The summed E-state index contributed by atoms with van der Waals surface area (Å²) >= 11 is 3.17. The van der Waals surface area contributed by atoms with Crippen molar-refractivity contribution in [3.05, 3.63) is 28.5 Å². The molecule has 1 aromatic rings. The molecule has 0 spiro atoms. The highest BCUT2D eigenvalue weighted by Crippen LogP contribution is 2.19. The van der Waals surface area contributed by atoms with Gasteiger partial charge in [0.15, 0.2) is 0 Å². The second kappa shape index (κ2) is 7.33. The summed E-state index contributed by atoms with van der Waals surface area (Å²) in [4.78, 5) is 11.6. The fourth-order valence-electron chi connectivity index (χ4n) is 1.33. The maximum Gasteiger partial charge on any atom is 0.242 e. The Kier molecular flexibility index (Phi) is 6.07. The van der Waals surface area contributed by atoms with Crippen LogP contribution in [-0.4, -0.2) is 32.2 Å². The Morgan fingerprint density at radius 3 is 2.89 bits per heavy atom. The Hall–Kier alpha value is -1.14. The van der Waals surface area contributed by atoms with Gasteiger partial charge in [0.2, 0.25) is 5.91 Å². The van der Waals surface area contributed by atoms with Crippen LogP contribution in [0.5, 0.6) is 0 Å². The van der Waals surface area contributed by atoms with Crippen LogP contribution in [-0.2, 0) is 9.53 Å². The third kappa shape index (κ3) is 4.62. The van der Waals surface area contributed by atoms with Crippen LogP contribution in [0.1, 0.15) is 6.92 Å². The van der Waals surface area contributed by atoms with E-state index in [0.29, 0.717) is 23.3 Å². The average Bonchev–Trinajstić information content (AvgIpc) is 2.32. The minimum absolute atomic E-state index is 0.200. The van der Waals surface area contributed by atoms with Crippen molar-refractivity contribution in [3.8, 4) is 0 Å². The number of benzene rings is 1. The first-order chi connectivity index (χ1) is 8.54. The molecule has 0 saturated carbocycles. The average molecular weight is 319 g/mol. The summed E-state index contributed by atoms with van der Waals surface area (Å²) in [5.74, 6) is -0.602. The minimum atomic E-state index is -0.516. The lowest BCUT2D eigenvalue weighted by Crippen LogP contribution is -2.39. The van der Waals surface area contributed by atoms with Crippen LogP contribution >= 0.6 is 15.9 Å². The standard InChI is InChI=1S/C12H16BrFN2O2/c1-8(12(17)15-5-6-18-2)16-11-4-3-9(13)7-10(11)14/h3-4,7-8,16H,5-6H2,1-2H3,(H,15,17). The summed E-state index contributed by atoms with van der Waals surface area (Å²) in [6, 6.07) is 4.12. The number of hydrogen-bond donors (Lipinski definition) is 2. The summed E-state index contributed by atoms with van der Waals surface area (Å²) in [5, 5.41) is 5.49. The summed E-state index contributed by atoms with van der Waals surface area (Å²) in [7, 11) is 1.56. The number of nitrogens with one attached hydrogen (secondary N) is 2. The van der Waals surface area contributed by atoms with Crippen molar-refractivity contribution in [3.63, 3.8) is 0 Å². The van der Waals surface area contributed by atoms with Crippen LogP contribution in [0.15, 0.2) is 22.7 Å². The number of carbonyl (C=O) groups is 1. The van der Waals surface area contributed by atoms with Gasteiger partial charge in [0, 0.05) is 18.1 Å². The fourth-order valence-corrected chi connectivity index (χ4v) is 1.67. The van der Waals surface area contributed by atoms with Gasteiger partial charge in [0.05, 0.1) is 12.3 Å². The second-order valence-electron chi connectivity index (χ2n) is 3.77. The Labute approximate surface area is 114 Å². The molecule has 1 amide bonds. The van der Waals surface area contributed by atoms with Crippen LogP contribution in [0.2, 0.25) is 0 Å². The predicted molar refractivity (Wildman–Crippen MR) is 72.1 cm³/mol. The number of anilines is 1. The second-order valence-corrected chi connectivity index (χ2v) is 4.69. The van der Waals surface area contributed by atoms with E-state index in [1.165, 1.54) is 6.07 Å². The van der Waals surface area contributed by atoms with Gasteiger partial charge in [-0.25, -0.2) is 4.39 Å². The smallest absolute Gasteiger partial charge is 0.242 e. The molecule has 1 aromatic carbocycles. The maximum atomic E-state index is 13.5. The Balaban J connectivity index is 2.53. The largest absolute Gasteiger partial charge is 0.383 e. The van der Waals surface area contributed by atoms with Gasteiger partial charge in [-0.2, -0.15) is 0 Å². The predicted octanol–water partition coefficient (Wildman–Crippen LogP) is 2.15. The van der Waals surface area contributed by atoms with E-state index in [1.54, 1.807) is 26.2 Å². The molecule has 0 aliphatic carbocycles. The first-order valence-electron chi connectivity index (χ1n) is 5.53. The van der Waals surface area contributed by atoms with Crippen molar-refractivity contribution in [2.75, 3.05) is 25.6 Å². The van der Waals surface area contributed by atoms with E-state index >= 15 is 0 Å². The molecule has 0 fully saturated rings. The van der Waals surface area contributed by atoms with Gasteiger partial charge in [-0.3, -0.25) is 4.79 Å². The number of methoxy groups -OCH3 is 1. The van der Waals surface area contributed by atoms with E-state index in [9.17, 15) is 9.18 Å². The highest BCUT2D eigenvalue weighted by Gasteiger charge is 2.13. The molecular weight excluding hydrogens is 303 g/mol. The molecule has 0 heterocycles. The van der Waals surface area contributed by atoms with Crippen LogP contribution in [0.3, 0.4) is 0 Å². The molecule has 6 heteroatoms. The fraction of sp³-hybridized carbons (Fsp3) is 0.417. The van der Waals surface area contributed by atoms with Gasteiger partial charge in [-0.1, -0.05) is 15.9 Å². The summed E-state index contributed by atoms with van der Waals surface area (Å²) < 4.78 is 19.0. The van der Waals surface area contributed by atoms with Crippen molar-refractivity contribution in [1.82, 2.24) is 5.32 Å². The summed E-state index contributed by atoms with van der Waals surface area (Å²) in [6.45, 7) is 2.55. The van der Waals surface area contributed by atoms with Crippen molar-refractivity contribution in [1.29, 1.82) is 0 Å². The zero-order chi connectivity index (χ0) is 13.5. The normalized spacial score (nSPS) is 12.0. The van der Waals surface area contributed by atoms with Crippen molar-refractivity contribution in [2.24, 2.45) is 0 Å². The Morgan fingerprint density at radius 2 is 2.28 bits per heavy atom. The SMILES string of the molecule is COCCNC(=O)C(C)Nc1ccc(Br)cc1F. The Morgan fingerprint density at radius 1 is 1.56 bits per heavy atom. The van der Waals surface area contributed by atoms with Crippen molar-refractivity contribution >= 4 is 27.5 Å². The van der Waals surface area contributed by atoms with Gasteiger partial charge in [0.25, 0.3) is 0 Å². The molecule has 0 aliphatic rings. The number of ether oxygens (including phenoxy) is 1. The molecule has 0 saturated heterocycles. The first kappa shape index (κ1) is 14.9. The minimum Gasteiger partial charge on any atom is -0.383 e. The summed E-state index contributed by atoms with van der Waals surface area (Å²) in [6.07, 6.45) is 0. The van der Waals surface area contributed by atoms with E-state index in [1.807, 2.05) is 0 Å². The zero-order valence-corrected chi connectivity index (χ0v) is 11.9. The number of carbonyl (C=O) groups excluding carboxylic acids is 1. The molecule has 18 heavy (non-hydrogen) atoms. The third-order valence-corrected chi connectivity index (χ3v) is 2.80. The van der Waals surface area contributed by atoms with Crippen LogP contribution in [0.4, 0.5) is 10.1 Å². The highest BCUT2D eigenvalue weighted by molar-refractivity contribution is 9.10. The van der Waals surface area contributed by atoms with E-state index in [2.05, 4.69) is 26.6 Å². The third-order valence-electron chi connectivity index (χ3n) is 2.30. The number of halogens is 2. The van der Waals surface area contributed by atoms with E-state index in [0.717, 1.165) is 0 Å². The molecular formula is C12H16BrFN2O2. The van der Waals surface area contributed by atoms with Crippen LogP contribution in [0, 0.1) is 5.82 Å². The number of amides is 1. The summed E-state index contributed by atoms with van der Waals surface area (Å²) in [5.41, 5.74) is 0.299.